The van der Waals surface area contributed by atoms with E-state index in [9.17, 15) is 5.11 Å². The lowest BCUT2D eigenvalue weighted by molar-refractivity contribution is 0.106. The predicted octanol–water partition coefficient (Wildman–Crippen LogP) is 0.588. The minimum absolute atomic E-state index is 0.268. The molecule has 2 aromatic rings. The summed E-state index contributed by atoms with van der Waals surface area (Å²) in [6.45, 7) is -0.268. The Morgan fingerprint density at radius 3 is 2.69 bits per heavy atom. The van der Waals surface area contributed by atoms with Crippen LogP contribution in [0.2, 0.25) is 0 Å². The molecule has 0 aliphatic heterocycles. The number of para-hydroxylation sites is 1. The van der Waals surface area contributed by atoms with Gasteiger partial charge in [-0.05, 0) is 12.1 Å². The summed E-state index contributed by atoms with van der Waals surface area (Å²) >= 11 is 0. The van der Waals surface area contributed by atoms with E-state index in [-0.39, 0.29) is 6.61 Å². The van der Waals surface area contributed by atoms with E-state index in [1.54, 1.807) is 6.07 Å². The molecule has 0 saturated heterocycles. The first-order valence-corrected chi connectivity index (χ1v) is 5.12. The zero-order valence-electron chi connectivity index (χ0n) is 8.74. The van der Waals surface area contributed by atoms with E-state index in [0.29, 0.717) is 5.69 Å². The molecular weight excluding hydrogens is 204 g/mol. The number of hydrogen-bond donors (Lipinski definition) is 3. The first-order valence-electron chi connectivity index (χ1n) is 5.12. The third-order valence-electron chi connectivity index (χ3n) is 2.54. The molecule has 2 unspecified atom stereocenters. The van der Waals surface area contributed by atoms with Crippen molar-refractivity contribution in [2.45, 2.75) is 12.1 Å². The number of fused-ring (bicyclic) bond motifs is 1. The van der Waals surface area contributed by atoms with Crippen LogP contribution < -0.4 is 5.73 Å². The van der Waals surface area contributed by atoms with Crippen molar-refractivity contribution in [1.82, 2.24) is 4.98 Å². The van der Waals surface area contributed by atoms with Gasteiger partial charge >= 0.3 is 0 Å². The van der Waals surface area contributed by atoms with Crippen molar-refractivity contribution >= 4 is 10.9 Å². The Labute approximate surface area is 93.4 Å². The van der Waals surface area contributed by atoms with Crippen LogP contribution in [-0.4, -0.2) is 27.8 Å². The number of nitrogens with zero attached hydrogens (tertiary/aromatic N) is 1. The maximum Gasteiger partial charge on any atom is 0.113 e. The van der Waals surface area contributed by atoms with Crippen molar-refractivity contribution in [3.63, 3.8) is 0 Å². The number of benzene rings is 1. The van der Waals surface area contributed by atoms with Gasteiger partial charge in [0.2, 0.25) is 0 Å². The number of aromatic nitrogens is 1. The lowest BCUT2D eigenvalue weighted by atomic mass is 10.1. The summed E-state index contributed by atoms with van der Waals surface area (Å²) in [7, 11) is 0. The first-order chi connectivity index (χ1) is 7.72. The van der Waals surface area contributed by atoms with Crippen molar-refractivity contribution in [3.05, 3.63) is 42.1 Å². The van der Waals surface area contributed by atoms with Crippen molar-refractivity contribution < 1.29 is 10.2 Å². The first kappa shape index (κ1) is 11.0. The summed E-state index contributed by atoms with van der Waals surface area (Å²) < 4.78 is 0. The van der Waals surface area contributed by atoms with Gasteiger partial charge in [-0.15, -0.1) is 0 Å². The maximum absolute atomic E-state index is 9.80. The van der Waals surface area contributed by atoms with Crippen molar-refractivity contribution in [2.24, 2.45) is 5.73 Å². The Morgan fingerprint density at radius 2 is 1.94 bits per heavy atom. The molecule has 0 radical (unpaired) electrons. The van der Waals surface area contributed by atoms with E-state index in [1.165, 1.54) is 0 Å². The number of pyridine rings is 1. The quantitative estimate of drug-likeness (QED) is 0.704. The lowest BCUT2D eigenvalue weighted by Crippen LogP contribution is -2.32. The van der Waals surface area contributed by atoms with Gasteiger partial charge in [0.1, 0.15) is 6.10 Å². The summed E-state index contributed by atoms with van der Waals surface area (Å²) in [6.07, 6.45) is -0.936. The zero-order chi connectivity index (χ0) is 11.5. The number of hydrogen-bond acceptors (Lipinski definition) is 4. The third-order valence-corrected chi connectivity index (χ3v) is 2.54. The minimum atomic E-state index is -0.936. The van der Waals surface area contributed by atoms with Crippen LogP contribution in [0.25, 0.3) is 10.9 Å². The molecule has 2 atom stereocenters. The molecule has 0 aliphatic rings. The molecule has 0 fully saturated rings. The predicted molar refractivity (Wildman–Crippen MR) is 61.8 cm³/mol. The van der Waals surface area contributed by atoms with Crippen LogP contribution >= 0.6 is 0 Å². The van der Waals surface area contributed by atoms with Crippen LogP contribution in [0.1, 0.15) is 11.8 Å². The topological polar surface area (TPSA) is 79.4 Å². The number of aliphatic hydroxyl groups excluding tert-OH is 2. The molecule has 0 spiro atoms. The van der Waals surface area contributed by atoms with Gasteiger partial charge < -0.3 is 15.9 Å². The SMILES string of the molecule is NC(CO)C(O)c1ccc2ccccc2n1. The highest BCUT2D eigenvalue weighted by Crippen LogP contribution is 2.18. The van der Waals surface area contributed by atoms with E-state index in [4.69, 9.17) is 10.8 Å². The van der Waals surface area contributed by atoms with Crippen LogP contribution in [0.3, 0.4) is 0 Å². The van der Waals surface area contributed by atoms with Crippen molar-refractivity contribution in [3.8, 4) is 0 Å². The highest BCUT2D eigenvalue weighted by molar-refractivity contribution is 5.78. The van der Waals surface area contributed by atoms with Gasteiger partial charge in [0.25, 0.3) is 0 Å². The highest BCUT2D eigenvalue weighted by Gasteiger charge is 2.17. The van der Waals surface area contributed by atoms with Gasteiger partial charge in [-0.3, -0.25) is 4.98 Å². The number of rotatable bonds is 3. The summed E-state index contributed by atoms with van der Waals surface area (Å²) in [4.78, 5) is 4.30. The molecule has 0 amide bonds. The fourth-order valence-corrected chi connectivity index (χ4v) is 1.57. The Hall–Kier alpha value is -1.49. The molecule has 84 valence electrons. The van der Waals surface area contributed by atoms with Crippen LogP contribution in [-0.2, 0) is 0 Å². The van der Waals surface area contributed by atoms with Crippen molar-refractivity contribution in [1.29, 1.82) is 0 Å². The van der Waals surface area contributed by atoms with E-state index in [0.717, 1.165) is 10.9 Å². The monoisotopic (exact) mass is 218 g/mol. The Kier molecular flexibility index (Phi) is 3.14. The number of nitrogens with two attached hydrogens (primary N) is 1. The van der Waals surface area contributed by atoms with E-state index in [1.807, 2.05) is 30.3 Å². The van der Waals surface area contributed by atoms with Gasteiger partial charge in [-0.1, -0.05) is 24.3 Å². The highest BCUT2D eigenvalue weighted by atomic mass is 16.3. The Morgan fingerprint density at radius 1 is 1.19 bits per heavy atom. The smallest absolute Gasteiger partial charge is 0.113 e. The molecule has 1 aromatic heterocycles. The fourth-order valence-electron chi connectivity index (χ4n) is 1.57. The average molecular weight is 218 g/mol. The second-order valence-corrected chi connectivity index (χ2v) is 3.72. The lowest BCUT2D eigenvalue weighted by Gasteiger charge is -2.16. The summed E-state index contributed by atoms with van der Waals surface area (Å²) in [5.74, 6) is 0. The van der Waals surface area contributed by atoms with E-state index < -0.39 is 12.1 Å². The molecule has 0 bridgehead atoms. The Bertz CT molecular complexity index is 487. The molecule has 16 heavy (non-hydrogen) atoms. The van der Waals surface area contributed by atoms with Gasteiger partial charge in [0.15, 0.2) is 0 Å². The molecule has 1 aromatic carbocycles. The van der Waals surface area contributed by atoms with Gasteiger partial charge in [-0.2, -0.15) is 0 Å². The summed E-state index contributed by atoms with van der Waals surface area (Å²) in [6, 6.07) is 10.5. The van der Waals surface area contributed by atoms with Crippen molar-refractivity contribution in [2.75, 3.05) is 6.61 Å². The molecule has 0 saturated carbocycles. The van der Waals surface area contributed by atoms with Gasteiger partial charge in [-0.25, -0.2) is 0 Å². The molecular formula is C12H14N2O2. The second kappa shape index (κ2) is 4.57. The molecule has 4 heteroatoms. The third kappa shape index (κ3) is 2.04. The minimum Gasteiger partial charge on any atom is -0.395 e. The Balaban J connectivity index is 2.39. The maximum atomic E-state index is 9.80. The normalized spacial score (nSPS) is 14.9. The summed E-state index contributed by atoms with van der Waals surface area (Å²) in [5.41, 5.74) is 6.85. The molecule has 0 aliphatic carbocycles. The second-order valence-electron chi connectivity index (χ2n) is 3.72. The molecule has 1 heterocycles. The largest absolute Gasteiger partial charge is 0.395 e. The van der Waals surface area contributed by atoms with Gasteiger partial charge in [0.05, 0.1) is 23.9 Å². The van der Waals surface area contributed by atoms with Gasteiger partial charge in [0, 0.05) is 5.39 Å². The molecule has 2 rings (SSSR count). The molecule has 4 N–H and O–H groups in total. The van der Waals surface area contributed by atoms with Crippen LogP contribution in [0.5, 0.6) is 0 Å². The standard InChI is InChI=1S/C12H14N2O2/c13-9(7-15)12(16)11-6-5-8-3-1-2-4-10(8)14-11/h1-6,9,12,15-16H,7,13H2. The fraction of sp³-hybridized carbons (Fsp3) is 0.250. The van der Waals surface area contributed by atoms with E-state index in [2.05, 4.69) is 4.98 Å². The average Bonchev–Trinajstić information content (AvgIpc) is 2.36. The van der Waals surface area contributed by atoms with Crippen LogP contribution in [0.15, 0.2) is 36.4 Å². The van der Waals surface area contributed by atoms with Crippen LogP contribution in [0.4, 0.5) is 0 Å². The summed E-state index contributed by atoms with van der Waals surface area (Å²) in [5, 5.41) is 19.7. The van der Waals surface area contributed by atoms with E-state index >= 15 is 0 Å². The zero-order valence-corrected chi connectivity index (χ0v) is 8.74. The number of aliphatic hydroxyl groups is 2. The molecule has 4 nitrogen and oxygen atoms in total. The van der Waals surface area contributed by atoms with Crippen LogP contribution in [0, 0.1) is 0 Å².